The van der Waals surface area contributed by atoms with Crippen LogP contribution in [-0.2, 0) is 21.4 Å². The van der Waals surface area contributed by atoms with Gasteiger partial charge in [-0.2, -0.15) is 9.30 Å². The van der Waals surface area contributed by atoms with Crippen molar-refractivity contribution in [1.82, 2.24) is 8.87 Å². The highest BCUT2D eigenvalue weighted by Crippen LogP contribution is 2.28. The lowest BCUT2D eigenvalue weighted by Crippen LogP contribution is -2.40. The number of hydrogen-bond acceptors (Lipinski definition) is 5. The predicted molar refractivity (Wildman–Crippen MR) is 125 cm³/mol. The summed E-state index contributed by atoms with van der Waals surface area (Å²) in [6.45, 7) is 7.38. The number of rotatable bonds is 6. The second-order valence-electron chi connectivity index (χ2n) is 7.73. The van der Waals surface area contributed by atoms with Crippen molar-refractivity contribution in [3.63, 3.8) is 0 Å². The number of carbonyl (C=O) groups is 1. The number of amides is 1. The van der Waals surface area contributed by atoms with Crippen LogP contribution < -0.4 is 9.54 Å². The minimum Gasteiger partial charge on any atom is -0.494 e. The van der Waals surface area contributed by atoms with Gasteiger partial charge in [-0.05, 0) is 63.9 Å². The Balaban J connectivity index is 1.69. The number of aromatic nitrogens is 1. The van der Waals surface area contributed by atoms with Crippen LogP contribution in [0.1, 0.15) is 32.3 Å². The summed E-state index contributed by atoms with van der Waals surface area (Å²) in [5, 5.41) is 0. The Morgan fingerprint density at radius 2 is 1.94 bits per heavy atom. The molecule has 1 aromatic heterocycles. The van der Waals surface area contributed by atoms with Gasteiger partial charge in [0, 0.05) is 13.1 Å². The van der Waals surface area contributed by atoms with Crippen LogP contribution in [0.5, 0.6) is 5.75 Å². The lowest BCUT2D eigenvalue weighted by Gasteiger charge is -2.21. The number of nitrogens with zero attached hydrogens (tertiary/aromatic N) is 3. The third kappa shape index (κ3) is 4.24. The lowest BCUT2D eigenvalue weighted by atomic mass is 10.2. The van der Waals surface area contributed by atoms with Crippen LogP contribution in [0, 0.1) is 6.92 Å². The maximum atomic E-state index is 13.2. The molecule has 1 amide bonds. The number of hydrogen-bond donors (Lipinski definition) is 0. The Morgan fingerprint density at radius 3 is 2.62 bits per heavy atom. The molecule has 9 heteroatoms. The van der Waals surface area contributed by atoms with Gasteiger partial charge in [0.15, 0.2) is 4.80 Å². The molecule has 1 aliphatic heterocycles. The fraction of sp³-hybridized carbons (Fsp3) is 0.391. The molecule has 170 valence electrons. The van der Waals surface area contributed by atoms with E-state index in [-0.39, 0.29) is 4.90 Å². The zero-order chi connectivity index (χ0) is 22.9. The van der Waals surface area contributed by atoms with Gasteiger partial charge >= 0.3 is 0 Å². The normalized spacial score (nSPS) is 17.8. The van der Waals surface area contributed by atoms with Crippen LogP contribution in [0.25, 0.3) is 10.2 Å². The first-order chi connectivity index (χ1) is 15.3. The maximum Gasteiger partial charge on any atom is 0.266 e. The van der Waals surface area contributed by atoms with Crippen molar-refractivity contribution in [2.45, 2.75) is 51.1 Å². The molecule has 1 fully saturated rings. The van der Waals surface area contributed by atoms with E-state index in [1.54, 1.807) is 24.3 Å². The van der Waals surface area contributed by atoms with Crippen LogP contribution >= 0.6 is 11.3 Å². The minimum absolute atomic E-state index is 0.205. The van der Waals surface area contributed by atoms with Crippen LogP contribution in [0.15, 0.2) is 52.4 Å². The summed E-state index contributed by atoms with van der Waals surface area (Å²) in [7, 11) is -3.76. The molecule has 32 heavy (non-hydrogen) atoms. The number of fused-ring (bicyclic) bond motifs is 1. The number of benzene rings is 2. The summed E-state index contributed by atoms with van der Waals surface area (Å²) < 4.78 is 36.2. The zero-order valence-electron chi connectivity index (χ0n) is 18.4. The molecule has 0 radical (unpaired) electrons. The maximum absolute atomic E-state index is 13.2. The molecule has 1 aliphatic rings. The van der Waals surface area contributed by atoms with Crippen molar-refractivity contribution in [2.24, 2.45) is 4.99 Å². The Bertz CT molecular complexity index is 1310. The first-order valence-corrected chi connectivity index (χ1v) is 13.0. The fourth-order valence-electron chi connectivity index (χ4n) is 3.99. The standard InChI is InChI=1S/C23H27N3O4S2/c1-4-25-19-13-10-17(30-5-2)15-21(19)31-23(25)24-22(27)20-7-6-14-26(20)32(28,29)18-11-8-16(3)9-12-18/h8-13,15,20H,4-7,14H2,1-3H3. The van der Waals surface area contributed by atoms with E-state index in [1.165, 1.54) is 15.6 Å². The summed E-state index contributed by atoms with van der Waals surface area (Å²) in [6, 6.07) is 11.8. The van der Waals surface area contributed by atoms with Crippen molar-refractivity contribution in [3.8, 4) is 5.75 Å². The molecular weight excluding hydrogens is 446 g/mol. The molecule has 0 spiro atoms. The highest BCUT2D eigenvalue weighted by molar-refractivity contribution is 7.89. The van der Waals surface area contributed by atoms with Gasteiger partial charge in [-0.3, -0.25) is 4.79 Å². The van der Waals surface area contributed by atoms with Crippen molar-refractivity contribution >= 4 is 37.5 Å². The van der Waals surface area contributed by atoms with Gasteiger partial charge in [0.05, 0.1) is 21.7 Å². The topological polar surface area (TPSA) is 81.0 Å². The average molecular weight is 474 g/mol. The first-order valence-electron chi connectivity index (χ1n) is 10.8. The summed E-state index contributed by atoms with van der Waals surface area (Å²) >= 11 is 1.41. The van der Waals surface area contributed by atoms with Gasteiger partial charge in [-0.15, -0.1) is 0 Å². The van der Waals surface area contributed by atoms with E-state index in [4.69, 9.17) is 4.74 Å². The molecule has 0 saturated carbocycles. The highest BCUT2D eigenvalue weighted by Gasteiger charge is 2.39. The van der Waals surface area contributed by atoms with E-state index in [0.717, 1.165) is 21.5 Å². The van der Waals surface area contributed by atoms with E-state index in [2.05, 4.69) is 4.99 Å². The van der Waals surface area contributed by atoms with Gasteiger partial charge in [0.2, 0.25) is 10.0 Å². The van der Waals surface area contributed by atoms with Crippen molar-refractivity contribution < 1.29 is 17.9 Å². The molecule has 1 saturated heterocycles. The Labute approximate surface area is 192 Å². The summed E-state index contributed by atoms with van der Waals surface area (Å²) in [6.07, 6.45) is 1.11. The molecule has 1 atom stereocenters. The molecule has 4 rings (SSSR count). The monoisotopic (exact) mass is 473 g/mol. The van der Waals surface area contributed by atoms with E-state index >= 15 is 0 Å². The van der Waals surface area contributed by atoms with E-state index in [0.29, 0.717) is 37.3 Å². The first kappa shape index (κ1) is 22.7. The molecule has 7 nitrogen and oxygen atoms in total. The van der Waals surface area contributed by atoms with Crippen LogP contribution in [0.3, 0.4) is 0 Å². The number of aryl methyl sites for hydroxylation is 2. The lowest BCUT2D eigenvalue weighted by molar-refractivity contribution is -0.121. The summed E-state index contributed by atoms with van der Waals surface area (Å²) in [4.78, 5) is 18.3. The van der Waals surface area contributed by atoms with Crippen LogP contribution in [0.2, 0.25) is 0 Å². The number of sulfonamides is 1. The predicted octanol–water partition coefficient (Wildman–Crippen LogP) is 3.71. The van der Waals surface area contributed by atoms with Crippen molar-refractivity contribution in [3.05, 3.63) is 52.8 Å². The number of thiazole rings is 1. The largest absolute Gasteiger partial charge is 0.494 e. The Kier molecular flexibility index (Phi) is 6.50. The van der Waals surface area contributed by atoms with Gasteiger partial charge in [-0.1, -0.05) is 29.0 Å². The average Bonchev–Trinajstić information content (AvgIpc) is 3.39. The number of ether oxygens (including phenoxy) is 1. The molecule has 3 aromatic rings. The van der Waals surface area contributed by atoms with Gasteiger partial charge in [0.1, 0.15) is 11.8 Å². The SMILES string of the molecule is CCOc1ccc2c(c1)sc(=NC(=O)C1CCCN1S(=O)(=O)c1ccc(C)cc1)n2CC. The van der Waals surface area contributed by atoms with Crippen molar-refractivity contribution in [1.29, 1.82) is 0 Å². The van der Waals surface area contributed by atoms with Crippen LogP contribution in [-0.4, -0.2) is 42.4 Å². The Hall–Kier alpha value is -2.49. The van der Waals surface area contributed by atoms with Crippen LogP contribution in [0.4, 0.5) is 0 Å². The fourth-order valence-corrected chi connectivity index (χ4v) is 6.77. The molecule has 0 aliphatic carbocycles. The van der Waals surface area contributed by atoms with E-state index in [1.807, 2.05) is 43.5 Å². The van der Waals surface area contributed by atoms with E-state index in [9.17, 15) is 13.2 Å². The Morgan fingerprint density at radius 1 is 1.19 bits per heavy atom. The molecule has 2 heterocycles. The molecule has 0 N–H and O–H groups in total. The summed E-state index contributed by atoms with van der Waals surface area (Å²) in [5.74, 6) is 0.352. The molecule has 2 aromatic carbocycles. The van der Waals surface area contributed by atoms with Crippen molar-refractivity contribution in [2.75, 3.05) is 13.2 Å². The summed E-state index contributed by atoms with van der Waals surface area (Å²) in [5.41, 5.74) is 1.96. The quantitative estimate of drug-likeness (QED) is 0.547. The molecular formula is C23H27N3O4S2. The van der Waals surface area contributed by atoms with E-state index < -0.39 is 22.0 Å². The zero-order valence-corrected chi connectivity index (χ0v) is 20.1. The third-order valence-electron chi connectivity index (χ3n) is 5.60. The van der Waals surface area contributed by atoms with Gasteiger partial charge in [-0.25, -0.2) is 8.42 Å². The second kappa shape index (κ2) is 9.17. The molecule has 0 bridgehead atoms. The number of carbonyl (C=O) groups excluding carboxylic acids is 1. The molecule has 1 unspecified atom stereocenters. The van der Waals surface area contributed by atoms with Gasteiger partial charge in [0.25, 0.3) is 5.91 Å². The minimum atomic E-state index is -3.76. The smallest absolute Gasteiger partial charge is 0.266 e. The second-order valence-corrected chi connectivity index (χ2v) is 10.6. The highest BCUT2D eigenvalue weighted by atomic mass is 32.2. The van der Waals surface area contributed by atoms with Gasteiger partial charge < -0.3 is 9.30 Å². The third-order valence-corrected chi connectivity index (χ3v) is 8.57.